The lowest BCUT2D eigenvalue weighted by Gasteiger charge is -2.19. The van der Waals surface area contributed by atoms with Crippen LogP contribution in [0.1, 0.15) is 17.3 Å². The molecule has 0 aliphatic rings. The zero-order valence-corrected chi connectivity index (χ0v) is 12.7. The van der Waals surface area contributed by atoms with Gasteiger partial charge in [-0.25, -0.2) is 15.4 Å². The highest BCUT2D eigenvalue weighted by Crippen LogP contribution is 2.31. The number of nitrogens with two attached hydrogens (primary N) is 2. The predicted molar refractivity (Wildman–Crippen MR) is 87.3 cm³/mol. The summed E-state index contributed by atoms with van der Waals surface area (Å²) in [6, 6.07) is 13.3. The smallest absolute Gasteiger partial charge is 0.128 e. The van der Waals surface area contributed by atoms with Crippen molar-refractivity contribution >= 4 is 32.7 Å². The van der Waals surface area contributed by atoms with Gasteiger partial charge in [0.1, 0.15) is 5.82 Å². The largest absolute Gasteiger partial charge is 0.383 e. The lowest BCUT2D eigenvalue weighted by molar-refractivity contribution is 0.620. The molecule has 5 nitrogen and oxygen atoms in total. The summed E-state index contributed by atoms with van der Waals surface area (Å²) in [6.45, 7) is 0. The van der Waals surface area contributed by atoms with Crippen molar-refractivity contribution in [1.82, 2.24) is 15.4 Å². The van der Waals surface area contributed by atoms with Crippen molar-refractivity contribution < 1.29 is 0 Å². The molecule has 3 rings (SSSR count). The van der Waals surface area contributed by atoms with E-state index in [-0.39, 0.29) is 6.04 Å². The molecule has 2 aromatic heterocycles. The van der Waals surface area contributed by atoms with E-state index in [0.29, 0.717) is 5.82 Å². The molecule has 0 spiro atoms. The van der Waals surface area contributed by atoms with E-state index in [2.05, 4.69) is 26.3 Å². The predicted octanol–water partition coefficient (Wildman–Crippen LogP) is 2.53. The highest BCUT2D eigenvalue weighted by Gasteiger charge is 2.20. The number of aromatic nitrogens is 2. The summed E-state index contributed by atoms with van der Waals surface area (Å²) in [4.78, 5) is 8.80. The van der Waals surface area contributed by atoms with E-state index in [1.54, 1.807) is 6.20 Å². The number of nitrogen functional groups attached to an aromatic ring is 1. The molecule has 0 fully saturated rings. The van der Waals surface area contributed by atoms with Crippen LogP contribution in [0, 0.1) is 0 Å². The van der Waals surface area contributed by atoms with Gasteiger partial charge in [-0.1, -0.05) is 24.3 Å². The first-order valence-electron chi connectivity index (χ1n) is 6.42. The minimum atomic E-state index is -0.335. The van der Waals surface area contributed by atoms with E-state index in [1.165, 1.54) is 0 Å². The zero-order chi connectivity index (χ0) is 14.8. The van der Waals surface area contributed by atoms with E-state index in [1.807, 2.05) is 42.5 Å². The van der Waals surface area contributed by atoms with Gasteiger partial charge in [-0.15, -0.1) is 0 Å². The van der Waals surface area contributed by atoms with Gasteiger partial charge in [0.25, 0.3) is 0 Å². The standard InChI is InChI=1S/C15H14BrN5/c16-11-8-9-4-1-2-6-12(9)20-14(11)13(21-18)10-5-3-7-19-15(10)17/h1-8,13,21H,18H2,(H2,17,19). The minimum absolute atomic E-state index is 0.335. The molecule has 0 aliphatic heterocycles. The van der Waals surface area contributed by atoms with Gasteiger partial charge in [-0.2, -0.15) is 0 Å². The zero-order valence-electron chi connectivity index (χ0n) is 11.1. The van der Waals surface area contributed by atoms with Crippen molar-refractivity contribution in [2.45, 2.75) is 6.04 Å². The molecular formula is C15H14BrN5. The third-order valence-corrected chi connectivity index (χ3v) is 3.96. The molecule has 6 heteroatoms. The Morgan fingerprint density at radius 1 is 1.14 bits per heavy atom. The van der Waals surface area contributed by atoms with Crippen LogP contribution >= 0.6 is 15.9 Å². The number of rotatable bonds is 3. The number of nitrogens with zero attached hydrogens (tertiary/aromatic N) is 2. The van der Waals surface area contributed by atoms with Crippen LogP contribution in [0.3, 0.4) is 0 Å². The first-order chi connectivity index (χ1) is 10.2. The van der Waals surface area contributed by atoms with Gasteiger partial charge < -0.3 is 5.73 Å². The molecule has 0 aliphatic carbocycles. The van der Waals surface area contributed by atoms with Gasteiger partial charge in [-0.05, 0) is 34.1 Å². The van der Waals surface area contributed by atoms with Gasteiger partial charge in [0, 0.05) is 21.6 Å². The lowest BCUT2D eigenvalue weighted by Crippen LogP contribution is -2.30. The molecule has 21 heavy (non-hydrogen) atoms. The average Bonchev–Trinajstić information content (AvgIpc) is 2.50. The van der Waals surface area contributed by atoms with Gasteiger partial charge in [0.15, 0.2) is 0 Å². The first-order valence-corrected chi connectivity index (χ1v) is 7.21. The number of anilines is 1. The van der Waals surface area contributed by atoms with Crippen molar-refractivity contribution in [2.75, 3.05) is 5.73 Å². The number of fused-ring (bicyclic) bond motifs is 1. The van der Waals surface area contributed by atoms with Crippen molar-refractivity contribution in [2.24, 2.45) is 5.84 Å². The molecule has 5 N–H and O–H groups in total. The number of benzene rings is 1. The van der Waals surface area contributed by atoms with E-state index in [4.69, 9.17) is 16.6 Å². The van der Waals surface area contributed by atoms with E-state index in [9.17, 15) is 0 Å². The van der Waals surface area contributed by atoms with E-state index in [0.717, 1.165) is 26.6 Å². The van der Waals surface area contributed by atoms with Crippen LogP contribution in [-0.2, 0) is 0 Å². The number of hydrogen-bond acceptors (Lipinski definition) is 5. The molecule has 0 saturated heterocycles. The maximum absolute atomic E-state index is 5.95. The monoisotopic (exact) mass is 343 g/mol. The molecule has 0 radical (unpaired) electrons. The number of halogens is 1. The normalized spacial score (nSPS) is 12.5. The summed E-state index contributed by atoms with van der Waals surface area (Å²) in [5.74, 6) is 6.16. The van der Waals surface area contributed by atoms with Crippen molar-refractivity contribution in [1.29, 1.82) is 0 Å². The topological polar surface area (TPSA) is 89.8 Å². The number of hydrazine groups is 1. The second kappa shape index (κ2) is 5.77. The first kappa shape index (κ1) is 13.9. The average molecular weight is 344 g/mol. The Kier molecular flexibility index (Phi) is 3.83. The van der Waals surface area contributed by atoms with Crippen LogP contribution in [0.4, 0.5) is 5.82 Å². The minimum Gasteiger partial charge on any atom is -0.383 e. The van der Waals surface area contributed by atoms with Crippen LogP contribution in [0.15, 0.2) is 53.1 Å². The summed E-state index contributed by atoms with van der Waals surface area (Å²) < 4.78 is 0.868. The number of hydrogen-bond donors (Lipinski definition) is 3. The molecular weight excluding hydrogens is 330 g/mol. The summed E-state index contributed by atoms with van der Waals surface area (Å²) in [5, 5.41) is 1.06. The summed E-state index contributed by atoms with van der Waals surface area (Å²) >= 11 is 3.56. The molecule has 2 heterocycles. The van der Waals surface area contributed by atoms with Gasteiger partial charge in [0.05, 0.1) is 17.3 Å². The summed E-state index contributed by atoms with van der Waals surface area (Å²) in [6.07, 6.45) is 1.65. The Balaban J connectivity index is 2.17. The molecule has 0 saturated carbocycles. The van der Waals surface area contributed by atoms with Crippen LogP contribution in [0.5, 0.6) is 0 Å². The molecule has 1 unspecified atom stereocenters. The van der Waals surface area contributed by atoms with Crippen molar-refractivity contribution in [3.8, 4) is 0 Å². The number of pyridine rings is 2. The second-order valence-corrected chi connectivity index (χ2v) is 5.48. The Morgan fingerprint density at radius 3 is 2.71 bits per heavy atom. The highest BCUT2D eigenvalue weighted by molar-refractivity contribution is 9.10. The fraction of sp³-hybridized carbons (Fsp3) is 0.0667. The Morgan fingerprint density at radius 2 is 1.95 bits per heavy atom. The third-order valence-electron chi connectivity index (χ3n) is 3.33. The summed E-state index contributed by atoms with van der Waals surface area (Å²) in [7, 11) is 0. The van der Waals surface area contributed by atoms with Crippen molar-refractivity contribution in [3.63, 3.8) is 0 Å². The van der Waals surface area contributed by atoms with Crippen LogP contribution < -0.4 is 17.0 Å². The maximum atomic E-state index is 5.95. The van der Waals surface area contributed by atoms with Crippen LogP contribution in [-0.4, -0.2) is 9.97 Å². The molecule has 106 valence electrons. The fourth-order valence-corrected chi connectivity index (χ4v) is 2.86. The molecule has 0 bridgehead atoms. The highest BCUT2D eigenvalue weighted by atomic mass is 79.9. The maximum Gasteiger partial charge on any atom is 0.128 e. The quantitative estimate of drug-likeness (QED) is 0.502. The van der Waals surface area contributed by atoms with Gasteiger partial charge in [-0.3, -0.25) is 5.84 Å². The lowest BCUT2D eigenvalue weighted by atomic mass is 10.0. The summed E-state index contributed by atoms with van der Waals surface area (Å²) in [5.41, 5.74) is 11.2. The van der Waals surface area contributed by atoms with Gasteiger partial charge in [0.2, 0.25) is 0 Å². The number of nitrogens with one attached hydrogen (secondary N) is 1. The Labute approximate surface area is 130 Å². The molecule has 3 aromatic rings. The fourth-order valence-electron chi connectivity index (χ4n) is 2.30. The van der Waals surface area contributed by atoms with Crippen LogP contribution in [0.2, 0.25) is 0 Å². The number of para-hydroxylation sites is 1. The SMILES string of the molecule is NNC(c1cccnc1N)c1nc2ccccc2cc1Br. The third kappa shape index (κ3) is 2.61. The van der Waals surface area contributed by atoms with E-state index >= 15 is 0 Å². The Bertz CT molecular complexity index is 790. The van der Waals surface area contributed by atoms with Gasteiger partial charge >= 0.3 is 0 Å². The molecule has 1 aromatic carbocycles. The van der Waals surface area contributed by atoms with Crippen molar-refractivity contribution in [3.05, 3.63) is 64.4 Å². The van der Waals surface area contributed by atoms with Crippen LogP contribution in [0.25, 0.3) is 10.9 Å². The second-order valence-electron chi connectivity index (χ2n) is 4.63. The molecule has 0 amide bonds. The molecule has 1 atom stereocenters. The Hall–Kier alpha value is -2.02. The van der Waals surface area contributed by atoms with E-state index < -0.39 is 0 Å².